The lowest BCUT2D eigenvalue weighted by molar-refractivity contribution is 0.388. The first-order valence-electron chi connectivity index (χ1n) is 6.83. The van der Waals surface area contributed by atoms with Gasteiger partial charge in [-0.3, -0.25) is 10.1 Å². The Bertz CT molecular complexity index is 826. The summed E-state index contributed by atoms with van der Waals surface area (Å²) in [6.07, 6.45) is 1.56. The number of hydrogen-bond acceptors (Lipinski definition) is 6. The number of halogens is 1. The van der Waals surface area contributed by atoms with Gasteiger partial charge in [0, 0.05) is 40.8 Å². The summed E-state index contributed by atoms with van der Waals surface area (Å²) in [6.45, 7) is 0. The second-order valence-corrected chi connectivity index (χ2v) is 5.20. The van der Waals surface area contributed by atoms with E-state index in [9.17, 15) is 4.39 Å². The van der Waals surface area contributed by atoms with Crippen LogP contribution in [0, 0.1) is 5.82 Å². The summed E-state index contributed by atoms with van der Waals surface area (Å²) in [6, 6.07) is 12.8. The van der Waals surface area contributed by atoms with Gasteiger partial charge in [0.05, 0.1) is 7.11 Å². The maximum Gasteiger partial charge on any atom is 0.191 e. The molecule has 5 nitrogen and oxygen atoms in total. The zero-order valence-corrected chi connectivity index (χ0v) is 13.2. The Morgan fingerprint density at radius 2 is 1.83 bits per heavy atom. The number of fused-ring (bicyclic) bond motifs is 1. The van der Waals surface area contributed by atoms with Crippen LogP contribution in [0.1, 0.15) is 0 Å². The Balaban J connectivity index is 1.95. The van der Waals surface area contributed by atoms with Gasteiger partial charge in [-0.05, 0) is 42.5 Å². The van der Waals surface area contributed by atoms with Crippen molar-refractivity contribution in [2.24, 2.45) is 5.14 Å². The zero-order chi connectivity index (χ0) is 16.2. The fraction of sp³-hybridized carbons (Fsp3) is 0.0625. The molecule has 0 fully saturated rings. The van der Waals surface area contributed by atoms with Gasteiger partial charge in [-0.2, -0.15) is 0 Å². The number of aromatic nitrogens is 1. The largest absolute Gasteiger partial charge is 0.494 e. The van der Waals surface area contributed by atoms with Gasteiger partial charge in [-0.1, -0.05) is 0 Å². The molecule has 0 saturated heterocycles. The van der Waals surface area contributed by atoms with Crippen LogP contribution in [0.25, 0.3) is 10.9 Å². The van der Waals surface area contributed by atoms with E-state index in [1.54, 1.807) is 24.4 Å². The van der Waals surface area contributed by atoms with Crippen molar-refractivity contribution in [2.45, 2.75) is 0 Å². The number of anilines is 3. The van der Waals surface area contributed by atoms with E-state index in [2.05, 4.69) is 15.0 Å². The number of rotatable bonds is 5. The van der Waals surface area contributed by atoms with Crippen molar-refractivity contribution in [3.8, 4) is 5.75 Å². The molecule has 2 aromatic carbocycles. The molecule has 0 bridgehead atoms. The van der Waals surface area contributed by atoms with Gasteiger partial charge in [-0.15, -0.1) is 0 Å². The van der Waals surface area contributed by atoms with E-state index in [0.29, 0.717) is 5.39 Å². The highest BCUT2D eigenvalue weighted by atomic mass is 32.2. The summed E-state index contributed by atoms with van der Waals surface area (Å²) >= 11 is 1.04. The van der Waals surface area contributed by atoms with E-state index in [4.69, 9.17) is 9.88 Å². The van der Waals surface area contributed by atoms with Gasteiger partial charge in [0.25, 0.3) is 0 Å². The Hall–Kier alpha value is -2.51. The molecule has 1 aromatic heterocycles. The van der Waals surface area contributed by atoms with Gasteiger partial charge in [0.1, 0.15) is 5.52 Å². The summed E-state index contributed by atoms with van der Waals surface area (Å²) < 4.78 is 22.2. The van der Waals surface area contributed by atoms with Gasteiger partial charge in [-0.25, -0.2) is 4.39 Å². The Morgan fingerprint density at radius 1 is 1.09 bits per heavy atom. The van der Waals surface area contributed by atoms with E-state index < -0.39 is 5.82 Å². The number of benzene rings is 2. The van der Waals surface area contributed by atoms with E-state index >= 15 is 0 Å². The van der Waals surface area contributed by atoms with Crippen LogP contribution in [-0.2, 0) is 0 Å². The molecule has 0 atom stereocenters. The van der Waals surface area contributed by atoms with Crippen LogP contribution in [-0.4, -0.2) is 12.1 Å². The van der Waals surface area contributed by atoms with Gasteiger partial charge < -0.3 is 14.8 Å². The normalized spacial score (nSPS) is 10.6. The summed E-state index contributed by atoms with van der Waals surface area (Å²) in [4.78, 5) is 4.11. The molecule has 0 aliphatic rings. The van der Waals surface area contributed by atoms with E-state index in [-0.39, 0.29) is 11.3 Å². The second-order valence-electron chi connectivity index (χ2n) is 4.76. The SMILES string of the molecule is COc1ccc2c(Nc3ccc(NSN)cc3)ccnc2c1F. The van der Waals surface area contributed by atoms with Crippen molar-refractivity contribution in [3.63, 3.8) is 0 Å². The number of ether oxygens (including phenoxy) is 1. The van der Waals surface area contributed by atoms with E-state index in [0.717, 1.165) is 29.2 Å². The Morgan fingerprint density at radius 3 is 2.52 bits per heavy atom. The molecular formula is C16H15FN4OS. The van der Waals surface area contributed by atoms with Gasteiger partial charge in [0.15, 0.2) is 11.6 Å². The molecule has 0 spiro atoms. The van der Waals surface area contributed by atoms with E-state index in [1.807, 2.05) is 24.3 Å². The lowest BCUT2D eigenvalue weighted by Crippen LogP contribution is -1.96. The molecule has 118 valence electrons. The first-order chi connectivity index (χ1) is 11.2. The van der Waals surface area contributed by atoms with Crippen LogP contribution in [0.2, 0.25) is 0 Å². The fourth-order valence-electron chi connectivity index (χ4n) is 2.28. The minimum atomic E-state index is -0.465. The van der Waals surface area contributed by atoms with Crippen LogP contribution in [0.5, 0.6) is 5.75 Å². The number of methoxy groups -OCH3 is 1. The van der Waals surface area contributed by atoms with E-state index in [1.165, 1.54) is 7.11 Å². The monoisotopic (exact) mass is 330 g/mol. The van der Waals surface area contributed by atoms with Crippen LogP contribution in [0.3, 0.4) is 0 Å². The number of hydrogen-bond donors (Lipinski definition) is 3. The minimum Gasteiger partial charge on any atom is -0.494 e. The maximum absolute atomic E-state index is 14.3. The van der Waals surface area contributed by atoms with Gasteiger partial charge in [0.2, 0.25) is 0 Å². The first kappa shape index (κ1) is 15.4. The Labute approximate surface area is 137 Å². The predicted octanol–water partition coefficient (Wildman–Crippen LogP) is 4.06. The van der Waals surface area contributed by atoms with Crippen molar-refractivity contribution >= 4 is 40.1 Å². The fourth-order valence-corrected chi connectivity index (χ4v) is 2.55. The van der Waals surface area contributed by atoms with Crippen molar-refractivity contribution < 1.29 is 9.13 Å². The van der Waals surface area contributed by atoms with Crippen molar-refractivity contribution in [2.75, 3.05) is 17.1 Å². The topological polar surface area (TPSA) is 72.2 Å². The number of pyridine rings is 1. The van der Waals surface area contributed by atoms with Crippen molar-refractivity contribution in [1.82, 2.24) is 4.98 Å². The zero-order valence-electron chi connectivity index (χ0n) is 12.3. The molecular weight excluding hydrogens is 315 g/mol. The third kappa shape index (κ3) is 3.15. The molecule has 3 aromatic rings. The lowest BCUT2D eigenvalue weighted by atomic mass is 10.1. The summed E-state index contributed by atoms with van der Waals surface area (Å²) in [5.74, 6) is -0.287. The molecule has 0 unspecified atom stereocenters. The molecule has 0 aliphatic heterocycles. The summed E-state index contributed by atoms with van der Waals surface area (Å²) in [5, 5.41) is 9.31. The predicted molar refractivity (Wildman–Crippen MR) is 93.4 cm³/mol. The molecule has 0 radical (unpaired) electrons. The highest BCUT2D eigenvalue weighted by molar-refractivity contribution is 7.98. The smallest absolute Gasteiger partial charge is 0.191 e. The van der Waals surface area contributed by atoms with Crippen LogP contribution >= 0.6 is 12.1 Å². The quantitative estimate of drug-likeness (QED) is 0.613. The van der Waals surface area contributed by atoms with Gasteiger partial charge >= 0.3 is 0 Å². The van der Waals surface area contributed by atoms with Crippen molar-refractivity contribution in [1.29, 1.82) is 0 Å². The Kier molecular flexibility index (Phi) is 4.50. The summed E-state index contributed by atoms with van der Waals surface area (Å²) in [7, 11) is 1.43. The lowest BCUT2D eigenvalue weighted by Gasteiger charge is -2.11. The van der Waals surface area contributed by atoms with Crippen LogP contribution < -0.4 is 19.9 Å². The average Bonchev–Trinajstić information content (AvgIpc) is 2.58. The third-order valence-electron chi connectivity index (χ3n) is 3.38. The standard InChI is InChI=1S/C16H15FN4OS/c1-22-14-7-6-12-13(8-9-19-16(12)15(14)17)20-10-2-4-11(5-3-10)21-23-18/h2-9,21H,18H2,1H3,(H,19,20). The highest BCUT2D eigenvalue weighted by Gasteiger charge is 2.11. The molecule has 0 saturated carbocycles. The first-order valence-corrected chi connectivity index (χ1v) is 7.71. The molecule has 0 aliphatic carbocycles. The van der Waals surface area contributed by atoms with Crippen LogP contribution in [0.4, 0.5) is 21.5 Å². The molecule has 7 heteroatoms. The molecule has 4 N–H and O–H groups in total. The number of nitrogens with zero attached hydrogens (tertiary/aromatic N) is 1. The molecule has 23 heavy (non-hydrogen) atoms. The maximum atomic E-state index is 14.3. The number of nitrogens with one attached hydrogen (secondary N) is 2. The second kappa shape index (κ2) is 6.72. The minimum absolute atomic E-state index is 0.178. The molecule has 0 amide bonds. The van der Waals surface area contributed by atoms with Crippen molar-refractivity contribution in [3.05, 3.63) is 54.5 Å². The molecule has 1 heterocycles. The van der Waals surface area contributed by atoms with Crippen LogP contribution in [0.15, 0.2) is 48.7 Å². The molecule has 3 rings (SSSR count). The third-order valence-corrected chi connectivity index (χ3v) is 3.73. The average molecular weight is 330 g/mol. The highest BCUT2D eigenvalue weighted by Crippen LogP contribution is 2.31. The summed E-state index contributed by atoms with van der Waals surface area (Å²) in [5.41, 5.74) is 2.82. The number of nitrogens with two attached hydrogens (primary N) is 1.